The Bertz CT molecular complexity index is 1100. The highest BCUT2D eigenvalue weighted by Crippen LogP contribution is 2.19. The lowest BCUT2D eigenvalue weighted by Crippen LogP contribution is -2.31. The Balaban J connectivity index is 1.66. The Labute approximate surface area is 165 Å². The number of carbonyl (C=O) groups is 1. The molecule has 2 aromatic rings. The summed E-state index contributed by atoms with van der Waals surface area (Å²) >= 11 is 0. The Kier molecular flexibility index (Phi) is 5.84. The number of carbonyl (C=O) groups excluding carboxylic acids is 1. The van der Waals surface area contributed by atoms with Crippen LogP contribution in [0.25, 0.3) is 0 Å². The second-order valence-corrected chi connectivity index (χ2v) is 9.10. The number of pyridine rings is 1. The molecule has 0 radical (unpaired) electrons. The third kappa shape index (κ3) is 4.42. The van der Waals surface area contributed by atoms with Crippen LogP contribution in [0.4, 0.5) is 0 Å². The lowest BCUT2D eigenvalue weighted by molar-refractivity contribution is 0.0956. The van der Waals surface area contributed by atoms with Crippen LogP contribution >= 0.6 is 0 Å². The fourth-order valence-corrected chi connectivity index (χ4v) is 4.40. The van der Waals surface area contributed by atoms with E-state index in [1.54, 1.807) is 18.2 Å². The molecule has 1 atom stereocenters. The first-order valence-corrected chi connectivity index (χ1v) is 11.0. The van der Waals surface area contributed by atoms with E-state index in [9.17, 15) is 13.8 Å². The van der Waals surface area contributed by atoms with E-state index in [-0.39, 0.29) is 17.7 Å². The second kappa shape index (κ2) is 8.14. The first-order chi connectivity index (χ1) is 13.3. The van der Waals surface area contributed by atoms with Crippen molar-refractivity contribution in [2.45, 2.75) is 44.4 Å². The maximum atomic E-state index is 12.6. The van der Waals surface area contributed by atoms with Crippen molar-refractivity contribution in [1.29, 1.82) is 4.78 Å². The van der Waals surface area contributed by atoms with Crippen molar-refractivity contribution < 1.29 is 9.00 Å². The van der Waals surface area contributed by atoms with E-state index in [0.29, 0.717) is 4.90 Å². The number of aryl methyl sites for hydroxylation is 4. The largest absolute Gasteiger partial charge is 0.348 e. The average molecular weight is 400 g/mol. The fraction of sp³-hybridized carbons (Fsp3) is 0.333. The Morgan fingerprint density at radius 3 is 2.71 bits per heavy atom. The van der Waals surface area contributed by atoms with Gasteiger partial charge in [-0.15, -0.1) is 0 Å². The molecule has 1 amide bonds. The number of nitrogens with one attached hydrogen (secondary N) is 3. The molecule has 1 unspecified atom stereocenters. The number of benzene rings is 1. The maximum absolute atomic E-state index is 12.6. The normalized spacial score (nSPS) is 15.8. The van der Waals surface area contributed by atoms with Gasteiger partial charge in [-0.2, -0.15) is 0 Å². The monoisotopic (exact) mass is 399 g/mol. The Hall–Kier alpha value is -2.67. The molecule has 0 fully saturated rings. The molecule has 0 aliphatic heterocycles. The minimum absolute atomic E-state index is 0.0924. The lowest BCUT2D eigenvalue weighted by Gasteiger charge is -2.15. The molecule has 3 rings (SSSR count). The standard InChI is InChI=1S/C21H25N3O3S/c1-14-8-9-17(12-15(14)2)28(22,27)11-5-10-23-20(25)18-13-16-6-3-4-7-19(16)24-21(18)26/h5,8-9,11-13,22H,3-4,6-7,10H2,1-2H3,(H,23,25)(H,24,26)/b11-5+. The van der Waals surface area contributed by atoms with E-state index in [1.807, 2.05) is 19.9 Å². The zero-order valence-electron chi connectivity index (χ0n) is 16.1. The van der Waals surface area contributed by atoms with Gasteiger partial charge >= 0.3 is 0 Å². The van der Waals surface area contributed by atoms with Crippen molar-refractivity contribution in [2.75, 3.05) is 6.54 Å². The van der Waals surface area contributed by atoms with Crippen LogP contribution in [-0.4, -0.2) is 21.6 Å². The van der Waals surface area contributed by atoms with E-state index >= 15 is 0 Å². The van der Waals surface area contributed by atoms with Crippen LogP contribution in [0.1, 0.15) is 45.6 Å². The highest BCUT2D eigenvalue weighted by atomic mass is 32.2. The average Bonchev–Trinajstić information content (AvgIpc) is 2.66. The molecule has 148 valence electrons. The van der Waals surface area contributed by atoms with Gasteiger partial charge in [-0.05, 0) is 74.4 Å². The SMILES string of the molecule is Cc1ccc(S(=N)(=O)/C=C/CNC(=O)c2cc3c([nH]c2=O)CCCC3)cc1C. The molecule has 1 aliphatic rings. The van der Waals surface area contributed by atoms with E-state index in [2.05, 4.69) is 10.3 Å². The molecular formula is C21H25N3O3S. The van der Waals surface area contributed by atoms with Crippen molar-refractivity contribution in [3.63, 3.8) is 0 Å². The van der Waals surface area contributed by atoms with Crippen LogP contribution in [0.2, 0.25) is 0 Å². The molecule has 0 saturated carbocycles. The fourth-order valence-electron chi connectivity index (χ4n) is 3.26. The van der Waals surface area contributed by atoms with Gasteiger partial charge in [-0.1, -0.05) is 12.1 Å². The number of hydrogen-bond acceptors (Lipinski definition) is 4. The molecule has 0 bridgehead atoms. The van der Waals surface area contributed by atoms with Gasteiger partial charge in [0.1, 0.15) is 5.56 Å². The smallest absolute Gasteiger partial charge is 0.261 e. The highest BCUT2D eigenvalue weighted by molar-refractivity contribution is 7.95. The van der Waals surface area contributed by atoms with Crippen LogP contribution in [0.5, 0.6) is 0 Å². The predicted molar refractivity (Wildman–Crippen MR) is 110 cm³/mol. The number of hydrogen-bond donors (Lipinski definition) is 3. The minimum Gasteiger partial charge on any atom is -0.348 e. The van der Waals surface area contributed by atoms with Gasteiger partial charge in [0.2, 0.25) is 0 Å². The van der Waals surface area contributed by atoms with Crippen molar-refractivity contribution in [2.24, 2.45) is 0 Å². The minimum atomic E-state index is -3.08. The molecule has 28 heavy (non-hydrogen) atoms. The topological polar surface area (TPSA) is 103 Å². The molecule has 1 aromatic carbocycles. The van der Waals surface area contributed by atoms with Crippen molar-refractivity contribution in [3.8, 4) is 0 Å². The van der Waals surface area contributed by atoms with Crippen LogP contribution in [0.3, 0.4) is 0 Å². The molecule has 1 aromatic heterocycles. The van der Waals surface area contributed by atoms with Gasteiger partial charge in [0.25, 0.3) is 11.5 Å². The van der Waals surface area contributed by atoms with Gasteiger partial charge in [0, 0.05) is 17.6 Å². The summed E-state index contributed by atoms with van der Waals surface area (Å²) in [7, 11) is -3.08. The van der Waals surface area contributed by atoms with Gasteiger partial charge in [0.05, 0.1) is 14.6 Å². The van der Waals surface area contributed by atoms with E-state index < -0.39 is 15.6 Å². The van der Waals surface area contributed by atoms with E-state index in [4.69, 9.17) is 4.78 Å². The van der Waals surface area contributed by atoms with Gasteiger partial charge in [0.15, 0.2) is 0 Å². The van der Waals surface area contributed by atoms with Crippen LogP contribution in [0, 0.1) is 18.6 Å². The Morgan fingerprint density at radius 2 is 1.96 bits per heavy atom. The van der Waals surface area contributed by atoms with Gasteiger partial charge in [-0.3, -0.25) is 9.59 Å². The van der Waals surface area contributed by atoms with Gasteiger partial charge < -0.3 is 10.3 Å². The van der Waals surface area contributed by atoms with E-state index in [0.717, 1.165) is 48.1 Å². The van der Waals surface area contributed by atoms with Crippen molar-refractivity contribution in [1.82, 2.24) is 10.3 Å². The number of H-pyrrole nitrogens is 1. The zero-order valence-corrected chi connectivity index (χ0v) is 16.9. The molecule has 0 saturated heterocycles. The third-order valence-corrected chi connectivity index (χ3v) is 6.61. The molecule has 3 N–H and O–H groups in total. The zero-order chi connectivity index (χ0) is 20.3. The predicted octanol–water partition coefficient (Wildman–Crippen LogP) is 3.22. The summed E-state index contributed by atoms with van der Waals surface area (Å²) in [5, 5.41) is 3.94. The molecule has 7 heteroatoms. The number of aromatic nitrogens is 1. The summed E-state index contributed by atoms with van der Waals surface area (Å²) in [5.74, 6) is -0.470. The molecule has 6 nitrogen and oxygen atoms in total. The summed E-state index contributed by atoms with van der Waals surface area (Å²) in [5.41, 5.74) is 3.71. The maximum Gasteiger partial charge on any atom is 0.261 e. The third-order valence-electron chi connectivity index (χ3n) is 5.08. The van der Waals surface area contributed by atoms with Crippen LogP contribution < -0.4 is 10.9 Å². The quantitative estimate of drug-likeness (QED) is 0.719. The second-order valence-electron chi connectivity index (χ2n) is 7.15. The number of amides is 1. The summed E-state index contributed by atoms with van der Waals surface area (Å²) < 4.78 is 20.7. The lowest BCUT2D eigenvalue weighted by atomic mass is 9.95. The van der Waals surface area contributed by atoms with Crippen molar-refractivity contribution in [3.05, 3.63) is 74.1 Å². The van der Waals surface area contributed by atoms with Gasteiger partial charge in [-0.25, -0.2) is 8.99 Å². The van der Waals surface area contributed by atoms with Crippen molar-refractivity contribution >= 4 is 15.6 Å². The first-order valence-electron chi connectivity index (χ1n) is 9.34. The molecule has 0 spiro atoms. The summed E-state index contributed by atoms with van der Waals surface area (Å²) in [6.07, 6.45) is 5.30. The van der Waals surface area contributed by atoms with Crippen LogP contribution in [0.15, 0.2) is 45.4 Å². The highest BCUT2D eigenvalue weighted by Gasteiger charge is 2.16. The number of aromatic amines is 1. The summed E-state index contributed by atoms with van der Waals surface area (Å²) in [6, 6.07) is 6.96. The molecule has 1 heterocycles. The molecular weight excluding hydrogens is 374 g/mol. The molecule has 1 aliphatic carbocycles. The number of fused-ring (bicyclic) bond motifs is 1. The first kappa shape index (κ1) is 20.1. The van der Waals surface area contributed by atoms with E-state index in [1.165, 1.54) is 11.5 Å². The van der Waals surface area contributed by atoms with Crippen LogP contribution in [-0.2, 0) is 22.6 Å². The number of rotatable bonds is 5. The summed E-state index contributed by atoms with van der Waals surface area (Å²) in [4.78, 5) is 27.8. The summed E-state index contributed by atoms with van der Waals surface area (Å²) in [6.45, 7) is 3.96. The Morgan fingerprint density at radius 1 is 1.21 bits per heavy atom.